The van der Waals surface area contributed by atoms with Crippen LogP contribution in [0.25, 0.3) is 0 Å². The molecule has 0 aliphatic carbocycles. The minimum Gasteiger partial charge on any atom is -0.496 e. The summed E-state index contributed by atoms with van der Waals surface area (Å²) in [6.45, 7) is 0. The second kappa shape index (κ2) is 6.49. The average Bonchev–Trinajstić information content (AvgIpc) is 2.46. The smallest absolute Gasteiger partial charge is 0.137 e. The van der Waals surface area contributed by atoms with Crippen molar-refractivity contribution in [1.29, 1.82) is 0 Å². The molecule has 0 spiro atoms. The lowest BCUT2D eigenvalue weighted by molar-refractivity contribution is 0.397. The summed E-state index contributed by atoms with van der Waals surface area (Å²) in [4.78, 5) is 0. The lowest BCUT2D eigenvalue weighted by atomic mass is 9.96. The van der Waals surface area contributed by atoms with E-state index in [-0.39, 0.29) is 21.3 Å². The van der Waals surface area contributed by atoms with Gasteiger partial charge in [0.25, 0.3) is 0 Å². The maximum absolute atomic E-state index is 14.1. The molecule has 21 heavy (non-hydrogen) atoms. The van der Waals surface area contributed by atoms with E-state index < -0.39 is 23.5 Å². The minimum atomic E-state index is -0.872. The second-order valence-electron chi connectivity index (χ2n) is 4.37. The van der Waals surface area contributed by atoms with Gasteiger partial charge in [0.2, 0.25) is 0 Å². The van der Waals surface area contributed by atoms with E-state index >= 15 is 0 Å². The van der Waals surface area contributed by atoms with Crippen molar-refractivity contribution < 1.29 is 17.9 Å². The molecule has 2 rings (SSSR count). The summed E-state index contributed by atoms with van der Waals surface area (Å²) in [5, 5.41) is 2.80. The maximum Gasteiger partial charge on any atom is 0.137 e. The number of benzene rings is 2. The summed E-state index contributed by atoms with van der Waals surface area (Å²) in [6.07, 6.45) is 0. The van der Waals surface area contributed by atoms with E-state index in [1.807, 2.05) is 0 Å². The molecule has 0 fully saturated rings. The van der Waals surface area contributed by atoms with Gasteiger partial charge in [-0.15, -0.1) is 0 Å². The van der Waals surface area contributed by atoms with Crippen LogP contribution in [0.5, 0.6) is 5.75 Å². The summed E-state index contributed by atoms with van der Waals surface area (Å²) in [6, 6.07) is 5.48. The zero-order chi connectivity index (χ0) is 15.6. The van der Waals surface area contributed by atoms with Gasteiger partial charge in [0.1, 0.15) is 23.2 Å². The molecule has 112 valence electrons. The van der Waals surface area contributed by atoms with E-state index in [9.17, 15) is 13.2 Å². The van der Waals surface area contributed by atoms with E-state index in [2.05, 4.69) is 21.2 Å². The van der Waals surface area contributed by atoms with Gasteiger partial charge in [-0.3, -0.25) is 0 Å². The fourth-order valence-electron chi connectivity index (χ4n) is 2.19. The molecule has 0 saturated carbocycles. The first-order valence-corrected chi connectivity index (χ1v) is 6.93. The number of methoxy groups -OCH3 is 1. The van der Waals surface area contributed by atoms with Gasteiger partial charge in [-0.1, -0.05) is 6.07 Å². The molecule has 6 heteroatoms. The normalized spacial score (nSPS) is 12.3. The third kappa shape index (κ3) is 3.06. The van der Waals surface area contributed by atoms with Crippen molar-refractivity contribution in [3.05, 3.63) is 63.4 Å². The molecule has 0 saturated heterocycles. The molecule has 1 atom stereocenters. The third-order valence-electron chi connectivity index (χ3n) is 3.16. The van der Waals surface area contributed by atoms with Crippen LogP contribution in [0, 0.1) is 17.5 Å². The Morgan fingerprint density at radius 3 is 2.43 bits per heavy atom. The Balaban J connectivity index is 2.63. The fraction of sp³-hybridized carbons (Fsp3) is 0.200. The molecule has 0 aliphatic heterocycles. The fourth-order valence-corrected chi connectivity index (χ4v) is 2.51. The van der Waals surface area contributed by atoms with Crippen LogP contribution in [-0.2, 0) is 0 Å². The highest BCUT2D eigenvalue weighted by Gasteiger charge is 2.24. The average molecular weight is 360 g/mol. The van der Waals surface area contributed by atoms with Crippen LogP contribution >= 0.6 is 15.9 Å². The first kappa shape index (κ1) is 15.9. The Hall–Kier alpha value is -1.53. The summed E-state index contributed by atoms with van der Waals surface area (Å²) in [5.74, 6) is -1.57. The van der Waals surface area contributed by atoms with Gasteiger partial charge in [-0.05, 0) is 47.2 Å². The Morgan fingerprint density at radius 2 is 1.81 bits per heavy atom. The lowest BCUT2D eigenvalue weighted by Gasteiger charge is -2.21. The quantitative estimate of drug-likeness (QED) is 0.826. The predicted octanol–water partition coefficient (Wildman–Crippen LogP) is 4.18. The highest BCUT2D eigenvalue weighted by Crippen LogP contribution is 2.34. The van der Waals surface area contributed by atoms with Crippen molar-refractivity contribution >= 4 is 15.9 Å². The number of nitrogens with one attached hydrogen (secondary N) is 1. The highest BCUT2D eigenvalue weighted by atomic mass is 79.9. The van der Waals surface area contributed by atoms with Crippen LogP contribution in [0.3, 0.4) is 0 Å². The van der Waals surface area contributed by atoms with E-state index in [1.165, 1.54) is 26.3 Å². The van der Waals surface area contributed by atoms with Gasteiger partial charge in [0.15, 0.2) is 0 Å². The Kier molecular flexibility index (Phi) is 4.90. The lowest BCUT2D eigenvalue weighted by Crippen LogP contribution is -2.21. The maximum atomic E-state index is 14.1. The van der Waals surface area contributed by atoms with Crippen LogP contribution in [0.2, 0.25) is 0 Å². The van der Waals surface area contributed by atoms with Gasteiger partial charge in [-0.2, -0.15) is 0 Å². The van der Waals surface area contributed by atoms with Crippen molar-refractivity contribution in [1.82, 2.24) is 5.32 Å². The van der Waals surface area contributed by atoms with Crippen molar-refractivity contribution in [3.63, 3.8) is 0 Å². The largest absolute Gasteiger partial charge is 0.496 e. The van der Waals surface area contributed by atoms with Gasteiger partial charge in [0, 0.05) is 5.56 Å². The van der Waals surface area contributed by atoms with E-state index in [0.29, 0.717) is 0 Å². The summed E-state index contributed by atoms with van der Waals surface area (Å²) in [7, 11) is 2.93. The molecule has 0 bridgehead atoms. The minimum absolute atomic E-state index is 0.00148. The summed E-state index contributed by atoms with van der Waals surface area (Å²) < 4.78 is 47.1. The first-order chi connectivity index (χ1) is 9.99. The van der Waals surface area contributed by atoms with Gasteiger partial charge in [0.05, 0.1) is 23.2 Å². The highest BCUT2D eigenvalue weighted by molar-refractivity contribution is 9.10. The number of hydrogen-bond donors (Lipinski definition) is 1. The van der Waals surface area contributed by atoms with Crippen molar-refractivity contribution in [3.8, 4) is 5.75 Å². The molecule has 1 unspecified atom stereocenters. The first-order valence-electron chi connectivity index (χ1n) is 6.13. The molecular formula is C15H13BrF3NO. The molecule has 2 nitrogen and oxygen atoms in total. The summed E-state index contributed by atoms with van der Waals surface area (Å²) >= 11 is 2.92. The van der Waals surface area contributed by atoms with Crippen LogP contribution in [0.1, 0.15) is 17.2 Å². The van der Waals surface area contributed by atoms with Crippen LogP contribution in [0.4, 0.5) is 13.2 Å². The SMILES string of the molecule is CNC(c1cc(F)c(Br)cc1F)c1c(F)cccc1OC. The molecule has 0 amide bonds. The number of halogens is 4. The topological polar surface area (TPSA) is 21.3 Å². The zero-order valence-electron chi connectivity index (χ0n) is 11.4. The molecule has 0 aromatic heterocycles. The zero-order valence-corrected chi connectivity index (χ0v) is 13.0. The van der Waals surface area contributed by atoms with E-state index in [0.717, 1.165) is 12.1 Å². The van der Waals surface area contributed by atoms with Gasteiger partial charge in [-0.25, -0.2) is 13.2 Å². The Labute approximate surface area is 129 Å². The van der Waals surface area contributed by atoms with Crippen molar-refractivity contribution in [2.45, 2.75) is 6.04 Å². The summed E-state index contributed by atoms with van der Waals surface area (Å²) in [5.41, 5.74) is 0.129. The Bertz CT molecular complexity index is 664. The number of ether oxygens (including phenoxy) is 1. The standard InChI is InChI=1S/C15H13BrF3NO/c1-20-15(8-6-12(19)9(16)7-11(8)18)14-10(17)4-3-5-13(14)21-2/h3-7,15,20H,1-2H3. The third-order valence-corrected chi connectivity index (χ3v) is 3.77. The van der Waals surface area contributed by atoms with Crippen molar-refractivity contribution in [2.75, 3.05) is 14.2 Å². The predicted molar refractivity (Wildman–Crippen MR) is 77.9 cm³/mol. The van der Waals surface area contributed by atoms with Crippen LogP contribution < -0.4 is 10.1 Å². The molecule has 1 N–H and O–H groups in total. The molecule has 0 aliphatic rings. The van der Waals surface area contributed by atoms with Crippen molar-refractivity contribution in [2.24, 2.45) is 0 Å². The number of rotatable bonds is 4. The molecule has 2 aromatic carbocycles. The Morgan fingerprint density at radius 1 is 1.10 bits per heavy atom. The molecule has 0 heterocycles. The van der Waals surface area contributed by atoms with Crippen LogP contribution in [-0.4, -0.2) is 14.2 Å². The monoisotopic (exact) mass is 359 g/mol. The van der Waals surface area contributed by atoms with Gasteiger partial charge < -0.3 is 10.1 Å². The second-order valence-corrected chi connectivity index (χ2v) is 5.22. The van der Waals surface area contributed by atoms with E-state index in [1.54, 1.807) is 6.07 Å². The number of hydrogen-bond acceptors (Lipinski definition) is 2. The van der Waals surface area contributed by atoms with E-state index in [4.69, 9.17) is 4.74 Å². The molecule has 2 aromatic rings. The van der Waals surface area contributed by atoms with Gasteiger partial charge >= 0.3 is 0 Å². The molecular weight excluding hydrogens is 347 g/mol. The van der Waals surface area contributed by atoms with Crippen LogP contribution in [0.15, 0.2) is 34.8 Å². The molecule has 0 radical (unpaired) electrons.